The molecule has 0 spiro atoms. The van der Waals surface area contributed by atoms with Crippen molar-refractivity contribution < 1.29 is 9.59 Å². The Labute approximate surface area is 130 Å². The van der Waals surface area contributed by atoms with Gasteiger partial charge in [0, 0.05) is 11.3 Å². The van der Waals surface area contributed by atoms with Crippen molar-refractivity contribution in [2.75, 3.05) is 0 Å². The third-order valence-electron chi connectivity index (χ3n) is 3.25. The summed E-state index contributed by atoms with van der Waals surface area (Å²) in [6.07, 6.45) is 0.821. The number of thioether (sulfide) groups is 1. The van der Waals surface area contributed by atoms with Gasteiger partial charge in [-0.3, -0.25) is 9.59 Å². The van der Waals surface area contributed by atoms with Gasteiger partial charge < -0.3 is 10.7 Å². The Morgan fingerprint density at radius 2 is 2.00 bits per heavy atom. The molecule has 22 heavy (non-hydrogen) atoms. The number of H-pyrrole nitrogens is 1. The zero-order chi connectivity index (χ0) is 15.5. The number of aromatic amines is 1. The fraction of sp³-hybridized carbons (Fsp3) is 0.0625. The topological polar surface area (TPSA) is 88.8 Å². The Kier molecular flexibility index (Phi) is 3.93. The molecule has 5 nitrogen and oxygen atoms in total. The molecule has 3 N–H and O–H groups in total. The molecule has 1 heterocycles. The molecular formula is C16H13N3O2S. The van der Waals surface area contributed by atoms with E-state index in [-0.39, 0.29) is 0 Å². The first-order chi connectivity index (χ1) is 10.7. The molecule has 0 aliphatic heterocycles. The van der Waals surface area contributed by atoms with Gasteiger partial charge in [-0.05, 0) is 17.7 Å². The number of rotatable bonds is 5. The number of aldehydes is 1. The van der Waals surface area contributed by atoms with E-state index in [2.05, 4.69) is 9.97 Å². The third-order valence-corrected chi connectivity index (χ3v) is 4.19. The minimum atomic E-state index is -0.488. The number of hydrogen-bond donors (Lipinski definition) is 2. The first kappa shape index (κ1) is 14.3. The van der Waals surface area contributed by atoms with Crippen LogP contribution in [0.2, 0.25) is 0 Å². The van der Waals surface area contributed by atoms with Crippen molar-refractivity contribution in [2.24, 2.45) is 5.73 Å². The van der Waals surface area contributed by atoms with Crippen molar-refractivity contribution in [3.63, 3.8) is 0 Å². The summed E-state index contributed by atoms with van der Waals surface area (Å²) in [7, 11) is 0. The van der Waals surface area contributed by atoms with Crippen LogP contribution in [0.1, 0.15) is 26.3 Å². The SMILES string of the molecule is NC(=O)c1cccc2[nH]c(SCc3ccc(C=O)cc3)nc12. The third kappa shape index (κ3) is 2.87. The highest BCUT2D eigenvalue weighted by Crippen LogP contribution is 2.24. The molecular weight excluding hydrogens is 298 g/mol. The van der Waals surface area contributed by atoms with Gasteiger partial charge in [0.1, 0.15) is 11.8 Å². The fourth-order valence-electron chi connectivity index (χ4n) is 2.12. The van der Waals surface area contributed by atoms with Crippen molar-refractivity contribution in [2.45, 2.75) is 10.9 Å². The van der Waals surface area contributed by atoms with Crippen LogP contribution in [-0.2, 0) is 5.75 Å². The van der Waals surface area contributed by atoms with E-state index in [9.17, 15) is 9.59 Å². The molecule has 0 saturated carbocycles. The number of hydrogen-bond acceptors (Lipinski definition) is 4. The zero-order valence-corrected chi connectivity index (χ0v) is 12.4. The lowest BCUT2D eigenvalue weighted by molar-refractivity contribution is 0.100. The lowest BCUT2D eigenvalue weighted by Gasteiger charge is -1.99. The number of carbonyl (C=O) groups excluding carboxylic acids is 2. The number of primary amides is 1. The second-order valence-electron chi connectivity index (χ2n) is 4.76. The number of para-hydroxylation sites is 1. The average Bonchev–Trinajstić information content (AvgIpc) is 2.96. The molecule has 0 atom stereocenters. The summed E-state index contributed by atoms with van der Waals surface area (Å²) in [4.78, 5) is 29.6. The van der Waals surface area contributed by atoms with Crippen LogP contribution in [0, 0.1) is 0 Å². The molecule has 0 fully saturated rings. The number of nitrogens with one attached hydrogen (secondary N) is 1. The molecule has 0 radical (unpaired) electrons. The van der Waals surface area contributed by atoms with Crippen LogP contribution in [0.4, 0.5) is 0 Å². The highest BCUT2D eigenvalue weighted by Gasteiger charge is 2.11. The van der Waals surface area contributed by atoms with Crippen LogP contribution in [0.15, 0.2) is 47.6 Å². The minimum absolute atomic E-state index is 0.413. The van der Waals surface area contributed by atoms with Gasteiger partial charge in [-0.1, -0.05) is 42.1 Å². The summed E-state index contributed by atoms with van der Waals surface area (Å²) in [6.45, 7) is 0. The van der Waals surface area contributed by atoms with Gasteiger partial charge in [0.15, 0.2) is 5.16 Å². The maximum absolute atomic E-state index is 11.4. The predicted molar refractivity (Wildman–Crippen MR) is 86.0 cm³/mol. The first-order valence-electron chi connectivity index (χ1n) is 6.63. The number of fused-ring (bicyclic) bond motifs is 1. The standard InChI is InChI=1S/C16H13N3O2S/c17-15(21)12-2-1-3-13-14(12)19-16(18-13)22-9-11-6-4-10(8-20)5-7-11/h1-8H,9H2,(H2,17,21)(H,18,19). The van der Waals surface area contributed by atoms with Crippen molar-refractivity contribution in [1.29, 1.82) is 0 Å². The molecule has 0 saturated heterocycles. The van der Waals surface area contributed by atoms with Crippen LogP contribution in [0.3, 0.4) is 0 Å². The molecule has 6 heteroatoms. The normalized spacial score (nSPS) is 10.7. The Morgan fingerprint density at radius 3 is 2.68 bits per heavy atom. The zero-order valence-electron chi connectivity index (χ0n) is 11.6. The van der Waals surface area contributed by atoms with Gasteiger partial charge in [-0.15, -0.1) is 0 Å². The van der Waals surface area contributed by atoms with E-state index >= 15 is 0 Å². The Bertz CT molecular complexity index is 840. The molecule has 1 amide bonds. The molecule has 0 aliphatic rings. The second-order valence-corrected chi connectivity index (χ2v) is 5.72. The monoisotopic (exact) mass is 311 g/mol. The van der Waals surface area contributed by atoms with E-state index in [1.165, 1.54) is 11.8 Å². The molecule has 3 rings (SSSR count). The van der Waals surface area contributed by atoms with E-state index in [0.717, 1.165) is 22.5 Å². The number of nitrogens with two attached hydrogens (primary N) is 1. The van der Waals surface area contributed by atoms with E-state index in [4.69, 9.17) is 5.73 Å². The number of amides is 1. The summed E-state index contributed by atoms with van der Waals surface area (Å²) in [5.41, 5.74) is 8.89. The summed E-state index contributed by atoms with van der Waals surface area (Å²) in [6, 6.07) is 12.7. The maximum atomic E-state index is 11.4. The predicted octanol–water partition coefficient (Wildman–Crippen LogP) is 2.77. The van der Waals surface area contributed by atoms with Crippen molar-refractivity contribution in [1.82, 2.24) is 9.97 Å². The smallest absolute Gasteiger partial charge is 0.250 e. The van der Waals surface area contributed by atoms with Crippen molar-refractivity contribution >= 4 is 35.0 Å². The summed E-state index contributed by atoms with van der Waals surface area (Å²) >= 11 is 1.53. The van der Waals surface area contributed by atoms with Gasteiger partial charge >= 0.3 is 0 Å². The first-order valence-corrected chi connectivity index (χ1v) is 7.61. The highest BCUT2D eigenvalue weighted by molar-refractivity contribution is 7.98. The number of carbonyl (C=O) groups is 2. The molecule has 110 valence electrons. The molecule has 2 aromatic carbocycles. The van der Waals surface area contributed by atoms with Crippen LogP contribution in [0.25, 0.3) is 11.0 Å². The van der Waals surface area contributed by atoms with E-state index in [1.54, 1.807) is 24.3 Å². The molecule has 0 aliphatic carbocycles. The maximum Gasteiger partial charge on any atom is 0.250 e. The largest absolute Gasteiger partial charge is 0.366 e. The van der Waals surface area contributed by atoms with E-state index < -0.39 is 5.91 Å². The van der Waals surface area contributed by atoms with Gasteiger partial charge in [0.05, 0.1) is 11.1 Å². The Balaban J connectivity index is 1.80. The lowest BCUT2D eigenvalue weighted by Crippen LogP contribution is -2.11. The van der Waals surface area contributed by atoms with Gasteiger partial charge in [0.25, 0.3) is 5.91 Å². The number of aromatic nitrogens is 2. The lowest BCUT2D eigenvalue weighted by atomic mass is 10.2. The Hall–Kier alpha value is -2.60. The van der Waals surface area contributed by atoms with Crippen LogP contribution in [-0.4, -0.2) is 22.2 Å². The quantitative estimate of drug-likeness (QED) is 0.560. The second kappa shape index (κ2) is 6.03. The van der Waals surface area contributed by atoms with Gasteiger partial charge in [-0.2, -0.15) is 0 Å². The number of nitrogens with zero attached hydrogens (tertiary/aromatic N) is 1. The fourth-order valence-corrected chi connectivity index (χ4v) is 2.95. The number of benzene rings is 2. The molecule has 0 unspecified atom stereocenters. The Morgan fingerprint density at radius 1 is 1.23 bits per heavy atom. The molecule has 0 bridgehead atoms. The summed E-state index contributed by atoms with van der Waals surface area (Å²) in [5, 5.41) is 0.725. The van der Waals surface area contributed by atoms with E-state index in [1.807, 2.05) is 18.2 Å². The van der Waals surface area contributed by atoms with E-state index in [0.29, 0.717) is 22.4 Å². The summed E-state index contributed by atoms with van der Waals surface area (Å²) < 4.78 is 0. The van der Waals surface area contributed by atoms with Gasteiger partial charge in [-0.25, -0.2) is 4.98 Å². The molecule has 1 aromatic heterocycles. The molecule has 3 aromatic rings. The summed E-state index contributed by atoms with van der Waals surface area (Å²) in [5.74, 6) is 0.225. The number of imidazole rings is 1. The minimum Gasteiger partial charge on any atom is -0.366 e. The van der Waals surface area contributed by atoms with Crippen LogP contribution in [0.5, 0.6) is 0 Å². The van der Waals surface area contributed by atoms with Crippen LogP contribution < -0.4 is 5.73 Å². The van der Waals surface area contributed by atoms with Crippen molar-refractivity contribution in [3.05, 3.63) is 59.2 Å². The highest BCUT2D eigenvalue weighted by atomic mass is 32.2. The van der Waals surface area contributed by atoms with Crippen molar-refractivity contribution in [3.8, 4) is 0 Å². The average molecular weight is 311 g/mol. The van der Waals surface area contributed by atoms with Gasteiger partial charge in [0.2, 0.25) is 0 Å². The van der Waals surface area contributed by atoms with Crippen LogP contribution >= 0.6 is 11.8 Å².